The Balaban J connectivity index is 1.76. The van der Waals surface area contributed by atoms with Crippen LogP contribution in [-0.2, 0) is 4.79 Å². The van der Waals surface area contributed by atoms with Crippen molar-refractivity contribution < 1.29 is 4.79 Å². The molecule has 0 atom stereocenters. The van der Waals surface area contributed by atoms with Gasteiger partial charge < -0.3 is 5.32 Å². The minimum Gasteiger partial charge on any atom is -0.309 e. The van der Waals surface area contributed by atoms with E-state index >= 15 is 0 Å². The monoisotopic (exact) mass is 253 g/mol. The van der Waals surface area contributed by atoms with Gasteiger partial charge in [-0.1, -0.05) is 37.3 Å². The number of nitrogens with zero attached hydrogens (tertiary/aromatic N) is 2. The summed E-state index contributed by atoms with van der Waals surface area (Å²) in [7, 11) is 0. The van der Waals surface area contributed by atoms with Crippen LogP contribution in [0.2, 0.25) is 5.15 Å². The zero-order chi connectivity index (χ0) is 12.1. The summed E-state index contributed by atoms with van der Waals surface area (Å²) in [5, 5.41) is 3.00. The SMILES string of the molecule is O=C(CCC1CCCC1)Nc1cncc(Cl)n1. The minimum absolute atomic E-state index is 0.00605. The molecule has 17 heavy (non-hydrogen) atoms. The highest BCUT2D eigenvalue weighted by Gasteiger charge is 2.16. The van der Waals surface area contributed by atoms with Crippen molar-refractivity contribution in [1.29, 1.82) is 0 Å². The molecular weight excluding hydrogens is 238 g/mol. The van der Waals surface area contributed by atoms with E-state index in [0.29, 0.717) is 17.4 Å². The first-order chi connectivity index (χ1) is 8.24. The maximum absolute atomic E-state index is 11.7. The smallest absolute Gasteiger partial charge is 0.225 e. The van der Waals surface area contributed by atoms with E-state index in [-0.39, 0.29) is 5.91 Å². The molecule has 0 aliphatic heterocycles. The molecule has 5 heteroatoms. The van der Waals surface area contributed by atoms with Crippen LogP contribution in [0.4, 0.5) is 5.82 Å². The lowest BCUT2D eigenvalue weighted by Gasteiger charge is -2.08. The molecule has 1 fully saturated rings. The summed E-state index contributed by atoms with van der Waals surface area (Å²) >= 11 is 5.68. The van der Waals surface area contributed by atoms with Crippen LogP contribution in [0, 0.1) is 5.92 Å². The Labute approximate surface area is 106 Å². The first-order valence-electron chi connectivity index (χ1n) is 6.01. The topological polar surface area (TPSA) is 54.9 Å². The maximum atomic E-state index is 11.7. The molecule has 1 aliphatic carbocycles. The van der Waals surface area contributed by atoms with Crippen LogP contribution < -0.4 is 5.32 Å². The van der Waals surface area contributed by atoms with Crippen molar-refractivity contribution in [2.45, 2.75) is 38.5 Å². The quantitative estimate of drug-likeness (QED) is 0.897. The van der Waals surface area contributed by atoms with Crippen molar-refractivity contribution in [3.8, 4) is 0 Å². The molecule has 4 nitrogen and oxygen atoms in total. The van der Waals surface area contributed by atoms with E-state index in [1.807, 2.05) is 0 Å². The average molecular weight is 254 g/mol. The standard InChI is InChI=1S/C12H16ClN3O/c13-10-7-14-8-11(15-10)16-12(17)6-5-9-3-1-2-4-9/h7-9H,1-6H2,(H,15,16,17). The molecule has 1 saturated carbocycles. The van der Waals surface area contributed by atoms with Crippen molar-refractivity contribution in [3.05, 3.63) is 17.5 Å². The molecule has 1 aliphatic rings. The van der Waals surface area contributed by atoms with Gasteiger partial charge in [-0.25, -0.2) is 4.98 Å². The minimum atomic E-state index is -0.00605. The van der Waals surface area contributed by atoms with Gasteiger partial charge in [0.05, 0.1) is 12.4 Å². The summed E-state index contributed by atoms with van der Waals surface area (Å²) in [6.07, 6.45) is 9.63. The fraction of sp³-hybridized carbons (Fsp3) is 0.583. The summed E-state index contributed by atoms with van der Waals surface area (Å²) < 4.78 is 0. The largest absolute Gasteiger partial charge is 0.309 e. The lowest BCUT2D eigenvalue weighted by Crippen LogP contribution is -2.13. The van der Waals surface area contributed by atoms with Gasteiger partial charge in [-0.2, -0.15) is 0 Å². The molecule has 0 radical (unpaired) electrons. The molecule has 92 valence electrons. The molecule has 0 saturated heterocycles. The lowest BCUT2D eigenvalue weighted by molar-refractivity contribution is -0.116. The molecule has 0 bridgehead atoms. The van der Waals surface area contributed by atoms with E-state index in [1.165, 1.54) is 38.1 Å². The summed E-state index contributed by atoms with van der Waals surface area (Å²) in [6.45, 7) is 0. The molecule has 0 unspecified atom stereocenters. The first-order valence-corrected chi connectivity index (χ1v) is 6.39. The predicted molar refractivity (Wildman–Crippen MR) is 66.9 cm³/mol. The van der Waals surface area contributed by atoms with Crippen molar-refractivity contribution in [1.82, 2.24) is 9.97 Å². The van der Waals surface area contributed by atoms with Gasteiger partial charge in [0, 0.05) is 6.42 Å². The molecule has 0 aromatic carbocycles. The fourth-order valence-corrected chi connectivity index (χ4v) is 2.39. The number of carbonyl (C=O) groups is 1. The second-order valence-electron chi connectivity index (χ2n) is 4.46. The van der Waals surface area contributed by atoms with Crippen molar-refractivity contribution in [2.75, 3.05) is 5.32 Å². The molecule has 1 aromatic heterocycles. The van der Waals surface area contributed by atoms with Crippen LogP contribution in [0.1, 0.15) is 38.5 Å². The van der Waals surface area contributed by atoms with Gasteiger partial charge in [-0.05, 0) is 12.3 Å². The Morgan fingerprint density at radius 1 is 1.41 bits per heavy atom. The number of nitrogens with one attached hydrogen (secondary N) is 1. The van der Waals surface area contributed by atoms with Crippen LogP contribution in [0.25, 0.3) is 0 Å². The highest BCUT2D eigenvalue weighted by Crippen LogP contribution is 2.28. The normalized spacial score (nSPS) is 16.1. The number of aromatic nitrogens is 2. The number of hydrogen-bond acceptors (Lipinski definition) is 3. The van der Waals surface area contributed by atoms with Crippen molar-refractivity contribution in [3.63, 3.8) is 0 Å². The lowest BCUT2D eigenvalue weighted by atomic mass is 10.0. The summed E-state index contributed by atoms with van der Waals surface area (Å²) in [4.78, 5) is 19.5. The van der Waals surface area contributed by atoms with Crippen molar-refractivity contribution >= 4 is 23.3 Å². The summed E-state index contributed by atoms with van der Waals surface area (Å²) in [6, 6.07) is 0. The molecule has 1 amide bonds. The van der Waals surface area contributed by atoms with Gasteiger partial charge in [-0.15, -0.1) is 0 Å². The van der Waals surface area contributed by atoms with Crippen LogP contribution in [0.3, 0.4) is 0 Å². The van der Waals surface area contributed by atoms with Crippen LogP contribution >= 0.6 is 11.6 Å². The number of hydrogen-bond donors (Lipinski definition) is 1. The maximum Gasteiger partial charge on any atom is 0.225 e. The predicted octanol–water partition coefficient (Wildman–Crippen LogP) is 3.04. The Bertz CT molecular complexity index is 391. The fourth-order valence-electron chi connectivity index (χ4n) is 2.24. The van der Waals surface area contributed by atoms with Crippen LogP contribution in [0.5, 0.6) is 0 Å². The zero-order valence-electron chi connectivity index (χ0n) is 9.66. The second kappa shape index (κ2) is 5.96. The van der Waals surface area contributed by atoms with Gasteiger partial charge in [0.25, 0.3) is 0 Å². The molecule has 0 spiro atoms. The highest BCUT2D eigenvalue weighted by atomic mass is 35.5. The van der Waals surface area contributed by atoms with Gasteiger partial charge in [-0.3, -0.25) is 9.78 Å². The Morgan fingerprint density at radius 2 is 2.18 bits per heavy atom. The third kappa shape index (κ3) is 3.97. The number of amides is 1. The molecule has 1 aromatic rings. The van der Waals surface area contributed by atoms with E-state index in [1.54, 1.807) is 0 Å². The van der Waals surface area contributed by atoms with E-state index in [2.05, 4.69) is 15.3 Å². The Morgan fingerprint density at radius 3 is 2.88 bits per heavy atom. The third-order valence-corrected chi connectivity index (χ3v) is 3.31. The second-order valence-corrected chi connectivity index (χ2v) is 4.85. The highest BCUT2D eigenvalue weighted by molar-refractivity contribution is 6.29. The molecule has 2 rings (SSSR count). The van der Waals surface area contributed by atoms with Crippen LogP contribution in [-0.4, -0.2) is 15.9 Å². The van der Waals surface area contributed by atoms with Gasteiger partial charge in [0.15, 0.2) is 5.82 Å². The van der Waals surface area contributed by atoms with Crippen LogP contribution in [0.15, 0.2) is 12.4 Å². The van der Waals surface area contributed by atoms with Gasteiger partial charge in [0.1, 0.15) is 5.15 Å². The summed E-state index contributed by atoms with van der Waals surface area (Å²) in [5.74, 6) is 1.15. The van der Waals surface area contributed by atoms with E-state index in [0.717, 1.165) is 12.3 Å². The van der Waals surface area contributed by atoms with Gasteiger partial charge >= 0.3 is 0 Å². The average Bonchev–Trinajstić information content (AvgIpc) is 2.79. The number of anilines is 1. The first kappa shape index (κ1) is 12.3. The Kier molecular flexibility index (Phi) is 4.31. The molecule has 1 N–H and O–H groups in total. The number of rotatable bonds is 4. The Hall–Kier alpha value is -1.16. The van der Waals surface area contributed by atoms with Gasteiger partial charge in [0.2, 0.25) is 5.91 Å². The van der Waals surface area contributed by atoms with E-state index < -0.39 is 0 Å². The number of carbonyl (C=O) groups excluding carboxylic acids is 1. The van der Waals surface area contributed by atoms with Crippen molar-refractivity contribution in [2.24, 2.45) is 5.92 Å². The molecular formula is C12H16ClN3O. The number of halogens is 1. The van der Waals surface area contributed by atoms with E-state index in [9.17, 15) is 4.79 Å². The summed E-state index contributed by atoms with van der Waals surface area (Å²) in [5.41, 5.74) is 0. The zero-order valence-corrected chi connectivity index (χ0v) is 10.4. The third-order valence-electron chi connectivity index (χ3n) is 3.13. The molecule has 1 heterocycles. The van der Waals surface area contributed by atoms with E-state index in [4.69, 9.17) is 11.6 Å².